The third kappa shape index (κ3) is 6.36. The molecule has 0 bridgehead atoms. The molecule has 0 fully saturated rings. The zero-order valence-electron chi connectivity index (χ0n) is 38.5. The Kier molecular flexibility index (Phi) is 3.24. The van der Waals surface area contributed by atoms with Crippen LogP contribution < -0.4 is 5.19 Å². The van der Waals surface area contributed by atoms with Gasteiger partial charge < -0.3 is 0 Å². The number of hydrogen-bond acceptors (Lipinski definition) is 0. The summed E-state index contributed by atoms with van der Waals surface area (Å²) in [6.07, 6.45) is -0.203. The Labute approximate surface area is 234 Å². The van der Waals surface area contributed by atoms with Crippen molar-refractivity contribution in [3.05, 3.63) is 137 Å². The molecule has 0 N–H and O–H groups in total. The molecule has 0 aromatic heterocycles. The van der Waals surface area contributed by atoms with Crippen LogP contribution in [0.1, 0.15) is 75.5 Å². The van der Waals surface area contributed by atoms with Crippen molar-refractivity contribution >= 4 is 13.3 Å². The minimum atomic E-state index is -4.17. The molecule has 0 unspecified atom stereocenters. The largest absolute Gasteiger partial charge is 0.0953 e. The molecule has 0 atom stereocenters. The van der Waals surface area contributed by atoms with Gasteiger partial charge in [-0.05, 0) is 35.1 Å². The summed E-state index contributed by atoms with van der Waals surface area (Å²) in [6, 6.07) is -11.9. The van der Waals surface area contributed by atoms with Gasteiger partial charge in [-0.1, -0.05) is 164 Å². The maximum atomic E-state index is 9.36. The number of hydrogen-bond donors (Lipinski definition) is 0. The third-order valence-electron chi connectivity index (χ3n) is 5.67. The molecule has 0 aliphatic heterocycles. The van der Waals surface area contributed by atoms with Crippen molar-refractivity contribution < 1.29 is 26.0 Å². The lowest BCUT2D eigenvalue weighted by Gasteiger charge is -2.34. The third-order valence-corrected chi connectivity index (χ3v) is 10.4. The first-order valence-corrected chi connectivity index (χ1v) is 13.7. The van der Waals surface area contributed by atoms with Crippen LogP contribution in [0.15, 0.2) is 115 Å². The van der Waals surface area contributed by atoms with Crippen LogP contribution in [0.4, 0.5) is 0 Å². The summed E-state index contributed by atoms with van der Waals surface area (Å²) >= 11 is 0. The van der Waals surface area contributed by atoms with E-state index in [4.69, 9.17) is 23.3 Å². The Morgan fingerprint density at radius 2 is 1.03 bits per heavy atom. The van der Waals surface area contributed by atoms with Gasteiger partial charge in [-0.3, -0.25) is 0 Å². The highest BCUT2D eigenvalue weighted by molar-refractivity contribution is 6.91. The zero-order valence-corrected chi connectivity index (χ0v) is 20.5. The van der Waals surface area contributed by atoms with Gasteiger partial charge in [-0.15, -0.1) is 0 Å². The van der Waals surface area contributed by atoms with Crippen molar-refractivity contribution in [3.8, 4) is 0 Å². The van der Waals surface area contributed by atoms with Crippen molar-refractivity contribution in [2.45, 2.75) is 57.2 Å². The average molecular weight is 482 g/mol. The van der Waals surface area contributed by atoms with Gasteiger partial charge in [0.05, 0.1) is 34.1 Å². The molecule has 0 saturated carbocycles. The fourth-order valence-electron chi connectivity index (χ4n) is 3.90. The Morgan fingerprint density at radius 3 is 1.47 bits per heavy atom. The van der Waals surface area contributed by atoms with Gasteiger partial charge in [0.15, 0.2) is 0 Å². The second-order valence-electron chi connectivity index (χ2n) is 9.30. The minimum absolute atomic E-state index is 0.0436. The smallest absolute Gasteiger partial charge is 0.0627 e. The predicted molar refractivity (Wildman–Crippen MR) is 150 cm³/mol. The molecule has 0 aliphatic carbocycles. The van der Waals surface area contributed by atoms with E-state index in [1.165, 1.54) is 0 Å². The van der Waals surface area contributed by atoms with Crippen molar-refractivity contribution in [2.75, 3.05) is 0 Å². The zero-order chi connectivity index (χ0) is 40.4. The maximum Gasteiger partial charge on any atom is 0.0953 e. The van der Waals surface area contributed by atoms with E-state index >= 15 is 0 Å². The summed E-state index contributed by atoms with van der Waals surface area (Å²) in [7, 11) is -4.17. The lowest BCUT2D eigenvalue weighted by Crippen LogP contribution is -2.53. The Hall–Kier alpha value is -2.90. The maximum absolute atomic E-state index is 9.36. The van der Waals surface area contributed by atoms with Crippen LogP contribution in [0.2, 0.25) is 6.04 Å². The second kappa shape index (κ2) is 11.0. The quantitative estimate of drug-likeness (QED) is 0.214. The van der Waals surface area contributed by atoms with Crippen LogP contribution >= 0.6 is 0 Å². The van der Waals surface area contributed by atoms with Gasteiger partial charge in [0.1, 0.15) is 0 Å². The summed E-state index contributed by atoms with van der Waals surface area (Å²) in [5, 5.41) is -0.153. The highest BCUT2D eigenvalue weighted by Gasteiger charge is 2.35. The molecular formula is C33H38Si. The molecule has 4 rings (SSSR count). The van der Waals surface area contributed by atoms with Gasteiger partial charge in [0.25, 0.3) is 0 Å². The highest BCUT2D eigenvalue weighted by Crippen LogP contribution is 2.27. The van der Waals surface area contributed by atoms with Crippen LogP contribution in [0.5, 0.6) is 0 Å². The predicted octanol–water partition coefficient (Wildman–Crippen LogP) is 7.84. The average Bonchev–Trinajstić information content (AvgIpc) is 3.10. The van der Waals surface area contributed by atoms with Crippen molar-refractivity contribution in [2.24, 2.45) is 0 Å². The summed E-state index contributed by atoms with van der Waals surface area (Å²) in [5.41, 5.74) is -1.29. The van der Waals surface area contributed by atoms with E-state index in [-0.39, 0.29) is 46.3 Å². The first kappa shape index (κ1) is 9.99. The van der Waals surface area contributed by atoms with Gasteiger partial charge in [0, 0.05) is 0 Å². The lowest BCUT2D eigenvalue weighted by atomic mass is 9.87. The van der Waals surface area contributed by atoms with E-state index < -0.39 is 140 Å². The Balaban J connectivity index is 2.17. The summed E-state index contributed by atoms with van der Waals surface area (Å²) < 4.78 is 163. The number of benzene rings is 4. The van der Waals surface area contributed by atoms with Gasteiger partial charge >= 0.3 is 0 Å². The molecule has 0 aliphatic rings. The van der Waals surface area contributed by atoms with Crippen molar-refractivity contribution in [3.63, 3.8) is 0 Å². The van der Waals surface area contributed by atoms with Crippen LogP contribution in [-0.2, 0) is 23.9 Å². The molecule has 0 nitrogen and oxygen atoms in total. The molecule has 0 radical (unpaired) electrons. The van der Waals surface area contributed by atoms with E-state index in [0.717, 1.165) is 0 Å². The van der Waals surface area contributed by atoms with E-state index in [9.17, 15) is 2.74 Å². The summed E-state index contributed by atoms with van der Waals surface area (Å²) in [4.78, 5) is 0. The van der Waals surface area contributed by atoms with Gasteiger partial charge in [-0.2, -0.15) is 0 Å². The van der Waals surface area contributed by atoms with Gasteiger partial charge in [-0.25, -0.2) is 0 Å². The minimum Gasteiger partial charge on any atom is -0.0627 e. The first-order valence-electron chi connectivity index (χ1n) is 20.6. The van der Waals surface area contributed by atoms with Gasteiger partial charge in [0.2, 0.25) is 0 Å². The van der Waals surface area contributed by atoms with Crippen LogP contribution in [0.25, 0.3) is 0 Å². The monoisotopic (exact) mass is 481 g/mol. The van der Waals surface area contributed by atoms with Crippen molar-refractivity contribution in [1.82, 2.24) is 0 Å². The fourth-order valence-corrected chi connectivity index (χ4v) is 8.20. The van der Waals surface area contributed by atoms with E-state index in [2.05, 4.69) is 0 Å². The van der Waals surface area contributed by atoms with E-state index in [1.807, 2.05) is 0 Å². The van der Waals surface area contributed by atoms with Crippen molar-refractivity contribution in [1.29, 1.82) is 0 Å². The molecule has 0 spiro atoms. The number of rotatable bonds is 9. The lowest BCUT2D eigenvalue weighted by molar-refractivity contribution is 0.590. The molecule has 4 aromatic rings. The van der Waals surface area contributed by atoms with Crippen LogP contribution in [0, 0.1) is 0 Å². The first-order chi connectivity index (χ1) is 24.3. The van der Waals surface area contributed by atoms with Crippen LogP contribution in [-0.4, -0.2) is 8.07 Å². The Morgan fingerprint density at radius 1 is 0.588 bits per heavy atom. The molecule has 174 valence electrons. The van der Waals surface area contributed by atoms with Crippen LogP contribution in [0.3, 0.4) is 0 Å². The normalized spacial score (nSPS) is 19.8. The standard InChI is InChI=1S/C33H38Si/c1-33(2,3)31-21-23-32(24-22-31)34(26-29-16-9-5-10-17-29,27-30-18-11-6-12-19-30)25-13-20-28-14-7-4-8-15-28/h4-12,14-19,21-24H,13,20,25-27H2,1-3H3/i4D,5D,6D,7D,8D,9D,10D,11D,12D,14D,15D,16D,17D,18D,19D,21D,22D,23D,24D. The molecule has 0 saturated heterocycles. The molecule has 0 heterocycles. The molecule has 4 aromatic carbocycles. The van der Waals surface area contributed by atoms with E-state index in [1.54, 1.807) is 20.8 Å². The molecular weight excluding hydrogens is 424 g/mol. The fraction of sp³-hybridized carbons (Fsp3) is 0.273. The molecule has 34 heavy (non-hydrogen) atoms. The second-order valence-corrected chi connectivity index (χ2v) is 13.6. The topological polar surface area (TPSA) is 0 Å². The molecule has 1 heteroatoms. The SMILES string of the molecule is [2H]c1c([2H])c([2H])c(CCC[Si](Cc2c([2H])c([2H])c([2H])c([2H])c2[2H])(Cc2c([2H])c([2H])c([2H])c([2H])c2[2H])c2c([2H])c([2H])c(C(C)(C)C)c([2H])c2[2H])c([2H])c1[2H]. The molecule has 0 amide bonds. The summed E-state index contributed by atoms with van der Waals surface area (Å²) in [6.45, 7) is 5.13. The van der Waals surface area contributed by atoms with E-state index in [0.29, 0.717) is 0 Å². The summed E-state index contributed by atoms with van der Waals surface area (Å²) in [5.74, 6) is 0. The highest BCUT2D eigenvalue weighted by atomic mass is 28.3. The Bertz CT molecular complexity index is 1970.